The molecule has 7 heteroatoms. The fraction of sp³-hybridized carbons (Fsp3) is 0.278. The first-order valence-electron chi connectivity index (χ1n) is 7.81. The normalized spacial score (nSPS) is 16.8. The number of hydrogen-bond acceptors (Lipinski definition) is 3. The molecule has 1 heterocycles. The van der Waals surface area contributed by atoms with Gasteiger partial charge in [0.1, 0.15) is 5.75 Å². The molecule has 132 valence electrons. The number of rotatable bonds is 4. The Morgan fingerprint density at radius 2 is 1.80 bits per heavy atom. The predicted octanol–water partition coefficient (Wildman–Crippen LogP) is 3.28. The van der Waals surface area contributed by atoms with Crippen molar-refractivity contribution in [3.8, 4) is 5.75 Å². The summed E-state index contributed by atoms with van der Waals surface area (Å²) >= 11 is 0. The summed E-state index contributed by atoms with van der Waals surface area (Å²) in [6.07, 6.45) is -3.79. The van der Waals surface area contributed by atoms with Crippen LogP contribution in [0.3, 0.4) is 0 Å². The third-order valence-electron chi connectivity index (χ3n) is 3.92. The zero-order valence-corrected chi connectivity index (χ0v) is 13.3. The molecule has 0 saturated heterocycles. The second-order valence-corrected chi connectivity index (χ2v) is 5.82. The van der Waals surface area contributed by atoms with Gasteiger partial charge in [0.15, 0.2) is 6.61 Å². The summed E-state index contributed by atoms with van der Waals surface area (Å²) in [5, 5.41) is 5.94. The molecule has 2 N–H and O–H groups in total. The Morgan fingerprint density at radius 3 is 2.48 bits per heavy atom. The highest BCUT2D eigenvalue weighted by Gasteiger charge is 2.28. The van der Waals surface area contributed by atoms with Gasteiger partial charge in [0.05, 0.1) is 6.04 Å². The van der Waals surface area contributed by atoms with Crippen molar-refractivity contribution < 1.29 is 22.7 Å². The summed E-state index contributed by atoms with van der Waals surface area (Å²) in [6, 6.07) is 13.4. The molecule has 0 bridgehead atoms. The molecular formula is C18H17F3N2O2. The van der Waals surface area contributed by atoms with Gasteiger partial charge in [-0.15, -0.1) is 0 Å². The topological polar surface area (TPSA) is 50.4 Å². The van der Waals surface area contributed by atoms with Crippen LogP contribution in [0.1, 0.15) is 11.1 Å². The number of halogens is 3. The Labute approximate surface area is 143 Å². The van der Waals surface area contributed by atoms with Crippen molar-refractivity contribution in [3.63, 3.8) is 0 Å². The van der Waals surface area contributed by atoms with Crippen molar-refractivity contribution >= 4 is 11.6 Å². The SMILES string of the molecule is O=C(Nc1ccc(OCC(F)(F)F)cc1)C1Cc2ccccc2CN1. The van der Waals surface area contributed by atoms with E-state index in [1.807, 2.05) is 24.3 Å². The molecule has 2 aromatic rings. The van der Waals surface area contributed by atoms with Crippen LogP contribution < -0.4 is 15.4 Å². The lowest BCUT2D eigenvalue weighted by molar-refractivity contribution is -0.153. The van der Waals surface area contributed by atoms with Gasteiger partial charge in [-0.25, -0.2) is 0 Å². The van der Waals surface area contributed by atoms with Crippen LogP contribution in [-0.2, 0) is 17.8 Å². The molecule has 0 radical (unpaired) electrons. The van der Waals surface area contributed by atoms with E-state index in [0.717, 1.165) is 5.56 Å². The molecule has 1 atom stereocenters. The minimum absolute atomic E-state index is 0.0973. The second-order valence-electron chi connectivity index (χ2n) is 5.82. The number of carbonyl (C=O) groups excluding carboxylic acids is 1. The van der Waals surface area contributed by atoms with Crippen molar-refractivity contribution in [3.05, 3.63) is 59.7 Å². The molecule has 0 fully saturated rings. The largest absolute Gasteiger partial charge is 0.484 e. The van der Waals surface area contributed by atoms with Crippen LogP contribution in [0.4, 0.5) is 18.9 Å². The molecule has 0 spiro atoms. The number of hydrogen-bond donors (Lipinski definition) is 2. The maximum Gasteiger partial charge on any atom is 0.422 e. The quantitative estimate of drug-likeness (QED) is 0.890. The standard InChI is InChI=1S/C18H17F3N2O2/c19-18(20,21)11-25-15-7-5-14(6-8-15)23-17(24)16-9-12-3-1-2-4-13(12)10-22-16/h1-8,16,22H,9-11H2,(H,23,24). The highest BCUT2D eigenvalue weighted by atomic mass is 19.4. The Kier molecular flexibility index (Phi) is 4.94. The number of amides is 1. The number of carbonyl (C=O) groups is 1. The van der Waals surface area contributed by atoms with Gasteiger partial charge in [0.2, 0.25) is 5.91 Å². The minimum atomic E-state index is -4.38. The van der Waals surface area contributed by atoms with Crippen LogP contribution in [0.5, 0.6) is 5.75 Å². The predicted molar refractivity (Wildman–Crippen MR) is 87.4 cm³/mol. The molecular weight excluding hydrogens is 333 g/mol. The fourth-order valence-corrected chi connectivity index (χ4v) is 2.67. The van der Waals surface area contributed by atoms with Gasteiger partial charge in [-0.05, 0) is 41.8 Å². The smallest absolute Gasteiger partial charge is 0.422 e. The number of benzene rings is 2. The fourth-order valence-electron chi connectivity index (χ4n) is 2.67. The third kappa shape index (κ3) is 4.73. The van der Waals surface area contributed by atoms with Gasteiger partial charge < -0.3 is 15.4 Å². The average molecular weight is 350 g/mol. The summed E-state index contributed by atoms with van der Waals surface area (Å²) in [6.45, 7) is -0.720. The third-order valence-corrected chi connectivity index (χ3v) is 3.92. The Morgan fingerprint density at radius 1 is 1.12 bits per heavy atom. The molecule has 1 aliphatic heterocycles. The van der Waals surface area contributed by atoms with Crippen LogP contribution in [0, 0.1) is 0 Å². The molecule has 25 heavy (non-hydrogen) atoms. The molecule has 4 nitrogen and oxygen atoms in total. The zero-order chi connectivity index (χ0) is 17.9. The van der Waals surface area contributed by atoms with E-state index in [4.69, 9.17) is 0 Å². The molecule has 0 aliphatic carbocycles. The summed E-state index contributed by atoms with van der Waals surface area (Å²) in [4.78, 5) is 12.4. The van der Waals surface area contributed by atoms with Crippen molar-refractivity contribution in [2.75, 3.05) is 11.9 Å². The Bertz CT molecular complexity index is 745. The lowest BCUT2D eigenvalue weighted by Crippen LogP contribution is -2.44. The number of fused-ring (bicyclic) bond motifs is 1. The zero-order valence-electron chi connectivity index (χ0n) is 13.3. The summed E-state index contributed by atoms with van der Waals surface area (Å²) in [7, 11) is 0. The molecule has 1 unspecified atom stereocenters. The van der Waals surface area contributed by atoms with Crippen LogP contribution in [0.25, 0.3) is 0 Å². The van der Waals surface area contributed by atoms with Gasteiger partial charge in [-0.2, -0.15) is 13.2 Å². The van der Waals surface area contributed by atoms with Gasteiger partial charge in [-0.1, -0.05) is 24.3 Å². The van der Waals surface area contributed by atoms with E-state index in [1.54, 1.807) is 0 Å². The number of alkyl halides is 3. The number of ether oxygens (including phenoxy) is 1. The van der Waals surface area contributed by atoms with Crippen molar-refractivity contribution in [1.82, 2.24) is 5.32 Å². The molecule has 3 rings (SSSR count). The Balaban J connectivity index is 1.56. The second kappa shape index (κ2) is 7.14. The van der Waals surface area contributed by atoms with E-state index in [-0.39, 0.29) is 17.7 Å². The first-order valence-corrected chi connectivity index (χ1v) is 7.81. The van der Waals surface area contributed by atoms with E-state index in [0.29, 0.717) is 18.7 Å². The van der Waals surface area contributed by atoms with Crippen molar-refractivity contribution in [2.24, 2.45) is 0 Å². The maximum absolute atomic E-state index is 12.4. The number of nitrogens with one attached hydrogen (secondary N) is 2. The van der Waals surface area contributed by atoms with E-state index in [9.17, 15) is 18.0 Å². The first-order chi connectivity index (χ1) is 11.9. The first kappa shape index (κ1) is 17.3. The minimum Gasteiger partial charge on any atom is -0.484 e. The van der Waals surface area contributed by atoms with E-state index in [1.165, 1.54) is 29.8 Å². The summed E-state index contributed by atoms with van der Waals surface area (Å²) in [5.41, 5.74) is 2.82. The van der Waals surface area contributed by atoms with E-state index in [2.05, 4.69) is 15.4 Å². The molecule has 1 amide bonds. The number of anilines is 1. The Hall–Kier alpha value is -2.54. The van der Waals surface area contributed by atoms with E-state index >= 15 is 0 Å². The highest BCUT2D eigenvalue weighted by Crippen LogP contribution is 2.21. The van der Waals surface area contributed by atoms with Crippen LogP contribution in [-0.4, -0.2) is 24.7 Å². The maximum atomic E-state index is 12.4. The van der Waals surface area contributed by atoms with Gasteiger partial charge in [-0.3, -0.25) is 4.79 Å². The van der Waals surface area contributed by atoms with Crippen molar-refractivity contribution in [1.29, 1.82) is 0 Å². The average Bonchev–Trinajstić information content (AvgIpc) is 2.60. The van der Waals surface area contributed by atoms with Gasteiger partial charge >= 0.3 is 6.18 Å². The van der Waals surface area contributed by atoms with Crippen molar-refractivity contribution in [2.45, 2.75) is 25.2 Å². The van der Waals surface area contributed by atoms with Gasteiger partial charge in [0, 0.05) is 12.2 Å². The highest BCUT2D eigenvalue weighted by molar-refractivity contribution is 5.95. The van der Waals surface area contributed by atoms with Gasteiger partial charge in [0.25, 0.3) is 0 Å². The van der Waals surface area contributed by atoms with Crippen LogP contribution in [0.15, 0.2) is 48.5 Å². The lowest BCUT2D eigenvalue weighted by atomic mass is 9.95. The summed E-state index contributed by atoms with van der Waals surface area (Å²) < 4.78 is 41.0. The molecule has 0 saturated carbocycles. The monoisotopic (exact) mass is 350 g/mol. The van der Waals surface area contributed by atoms with E-state index < -0.39 is 12.8 Å². The van der Waals surface area contributed by atoms with Crippen LogP contribution >= 0.6 is 0 Å². The molecule has 2 aromatic carbocycles. The molecule has 1 aliphatic rings. The lowest BCUT2D eigenvalue weighted by Gasteiger charge is -2.25. The molecule has 0 aromatic heterocycles. The van der Waals surface area contributed by atoms with Crippen LogP contribution in [0.2, 0.25) is 0 Å². The summed E-state index contributed by atoms with van der Waals surface area (Å²) in [5.74, 6) is -0.0847.